The van der Waals surface area contributed by atoms with Crippen molar-refractivity contribution in [2.45, 2.75) is 33.2 Å². The van der Waals surface area contributed by atoms with E-state index in [0.717, 1.165) is 30.7 Å². The minimum atomic E-state index is 0.756. The van der Waals surface area contributed by atoms with Gasteiger partial charge in [0.2, 0.25) is 0 Å². The van der Waals surface area contributed by atoms with Gasteiger partial charge in [0.15, 0.2) is 0 Å². The number of hydrogen-bond acceptors (Lipinski definition) is 2. The van der Waals surface area contributed by atoms with E-state index in [1.165, 1.54) is 16.8 Å². The Bertz CT molecular complexity index is 688. The smallest absolute Gasteiger partial charge is 0.137 e. The normalized spacial score (nSPS) is 11.0. The number of pyridine rings is 1. The maximum absolute atomic E-state index is 4.64. The summed E-state index contributed by atoms with van der Waals surface area (Å²) >= 11 is 0. The van der Waals surface area contributed by atoms with Gasteiger partial charge in [-0.3, -0.25) is 0 Å². The van der Waals surface area contributed by atoms with Crippen LogP contribution in [0.3, 0.4) is 0 Å². The van der Waals surface area contributed by atoms with Crippen molar-refractivity contribution >= 4 is 11.3 Å². The van der Waals surface area contributed by atoms with E-state index in [0.29, 0.717) is 0 Å². The van der Waals surface area contributed by atoms with Crippen LogP contribution in [0.5, 0.6) is 0 Å². The van der Waals surface area contributed by atoms with E-state index in [1.807, 2.05) is 24.4 Å². The van der Waals surface area contributed by atoms with Crippen LogP contribution in [-0.4, -0.2) is 9.38 Å². The van der Waals surface area contributed by atoms with Gasteiger partial charge in [0, 0.05) is 18.1 Å². The topological polar surface area (TPSA) is 29.3 Å². The maximum atomic E-state index is 4.64. The monoisotopic (exact) mass is 279 g/mol. The quantitative estimate of drug-likeness (QED) is 0.763. The highest BCUT2D eigenvalue weighted by Crippen LogP contribution is 2.23. The number of nitrogens with one attached hydrogen (secondary N) is 1. The summed E-state index contributed by atoms with van der Waals surface area (Å²) in [7, 11) is 0. The molecule has 21 heavy (non-hydrogen) atoms. The highest BCUT2D eigenvalue weighted by Gasteiger charge is 2.07. The average molecular weight is 279 g/mol. The van der Waals surface area contributed by atoms with Gasteiger partial charge in [0.05, 0.1) is 12.2 Å². The van der Waals surface area contributed by atoms with Crippen LogP contribution in [0.15, 0.2) is 48.8 Å². The van der Waals surface area contributed by atoms with Gasteiger partial charge in [-0.05, 0) is 36.1 Å². The van der Waals surface area contributed by atoms with Gasteiger partial charge in [-0.25, -0.2) is 4.98 Å². The summed E-state index contributed by atoms with van der Waals surface area (Å²) < 4.78 is 2.06. The van der Waals surface area contributed by atoms with Crippen molar-refractivity contribution in [1.29, 1.82) is 0 Å². The number of rotatable bonds is 5. The van der Waals surface area contributed by atoms with Crippen LogP contribution in [0.4, 0.5) is 5.69 Å². The Hall–Kier alpha value is -2.29. The number of hydrogen-bond donors (Lipinski definition) is 1. The zero-order chi connectivity index (χ0) is 14.7. The predicted molar refractivity (Wildman–Crippen MR) is 87.7 cm³/mol. The molecule has 1 aromatic carbocycles. The molecule has 2 aromatic heterocycles. The molecular formula is C18H21N3. The van der Waals surface area contributed by atoms with E-state index in [9.17, 15) is 0 Å². The van der Waals surface area contributed by atoms with E-state index in [1.54, 1.807) is 0 Å². The Morgan fingerprint density at radius 1 is 1.00 bits per heavy atom. The molecule has 1 N–H and O–H groups in total. The van der Waals surface area contributed by atoms with E-state index in [-0.39, 0.29) is 0 Å². The SMILES string of the molecule is CCc1cccc(CC)c1NCc1cn2ccccc2n1. The lowest BCUT2D eigenvalue weighted by Crippen LogP contribution is -2.05. The summed E-state index contributed by atoms with van der Waals surface area (Å²) in [5.41, 5.74) is 6.08. The summed E-state index contributed by atoms with van der Waals surface area (Å²) in [6.45, 7) is 5.15. The molecule has 0 spiro atoms. The van der Waals surface area contributed by atoms with E-state index in [4.69, 9.17) is 0 Å². The molecular weight excluding hydrogens is 258 g/mol. The molecule has 0 unspecified atom stereocenters. The van der Waals surface area contributed by atoms with Crippen LogP contribution in [-0.2, 0) is 19.4 Å². The Morgan fingerprint density at radius 2 is 1.76 bits per heavy atom. The highest BCUT2D eigenvalue weighted by atomic mass is 15.0. The summed E-state index contributed by atoms with van der Waals surface area (Å²) in [5, 5.41) is 3.59. The molecule has 0 atom stereocenters. The molecule has 0 fully saturated rings. The molecule has 0 bridgehead atoms. The lowest BCUT2D eigenvalue weighted by Gasteiger charge is -2.14. The summed E-state index contributed by atoms with van der Waals surface area (Å²) in [6, 6.07) is 12.6. The van der Waals surface area contributed by atoms with Crippen molar-refractivity contribution in [2.24, 2.45) is 0 Å². The number of benzene rings is 1. The Labute approximate surface area is 125 Å². The number of aromatic nitrogens is 2. The average Bonchev–Trinajstić information content (AvgIpc) is 2.95. The Kier molecular flexibility index (Phi) is 3.91. The van der Waals surface area contributed by atoms with Crippen LogP contribution in [0, 0.1) is 0 Å². The van der Waals surface area contributed by atoms with Gasteiger partial charge in [-0.1, -0.05) is 38.1 Å². The molecule has 0 amide bonds. The molecule has 3 rings (SSSR count). The van der Waals surface area contributed by atoms with Gasteiger partial charge < -0.3 is 9.72 Å². The van der Waals surface area contributed by atoms with Gasteiger partial charge in [-0.15, -0.1) is 0 Å². The number of anilines is 1. The van der Waals surface area contributed by atoms with Gasteiger partial charge in [0.1, 0.15) is 5.65 Å². The third-order valence-corrected chi connectivity index (χ3v) is 3.86. The third-order valence-electron chi connectivity index (χ3n) is 3.86. The first-order valence-corrected chi connectivity index (χ1v) is 7.59. The van der Waals surface area contributed by atoms with Crippen molar-refractivity contribution in [3.05, 3.63) is 65.6 Å². The molecule has 0 saturated carbocycles. The fourth-order valence-electron chi connectivity index (χ4n) is 2.72. The Balaban J connectivity index is 1.84. The lowest BCUT2D eigenvalue weighted by molar-refractivity contribution is 1.03. The van der Waals surface area contributed by atoms with Crippen LogP contribution in [0.2, 0.25) is 0 Å². The first-order valence-electron chi connectivity index (χ1n) is 7.59. The number of imidazole rings is 1. The molecule has 0 aliphatic rings. The standard InChI is InChI=1S/C18H21N3/c1-3-14-8-7-9-15(4-2)18(14)19-12-16-13-21-11-6-5-10-17(21)20-16/h5-11,13,19H,3-4,12H2,1-2H3. The van der Waals surface area contributed by atoms with Crippen molar-refractivity contribution in [3.8, 4) is 0 Å². The first-order chi connectivity index (χ1) is 10.3. The molecule has 3 nitrogen and oxygen atoms in total. The molecule has 0 aliphatic carbocycles. The molecule has 3 heteroatoms. The number of aryl methyl sites for hydroxylation is 2. The Morgan fingerprint density at radius 3 is 2.43 bits per heavy atom. The molecule has 0 saturated heterocycles. The van der Waals surface area contributed by atoms with Gasteiger partial charge in [0.25, 0.3) is 0 Å². The first kappa shape index (κ1) is 13.7. The molecule has 0 aliphatic heterocycles. The number of para-hydroxylation sites is 1. The van der Waals surface area contributed by atoms with Crippen LogP contribution >= 0.6 is 0 Å². The van der Waals surface area contributed by atoms with E-state index >= 15 is 0 Å². The minimum absolute atomic E-state index is 0.756. The maximum Gasteiger partial charge on any atom is 0.137 e. The zero-order valence-electron chi connectivity index (χ0n) is 12.6. The second kappa shape index (κ2) is 6.00. The summed E-state index contributed by atoms with van der Waals surface area (Å²) in [5.74, 6) is 0. The van der Waals surface area contributed by atoms with Crippen molar-refractivity contribution in [3.63, 3.8) is 0 Å². The third kappa shape index (κ3) is 2.77. The fraction of sp³-hybridized carbons (Fsp3) is 0.278. The fourth-order valence-corrected chi connectivity index (χ4v) is 2.72. The lowest BCUT2D eigenvalue weighted by atomic mass is 10.0. The highest BCUT2D eigenvalue weighted by molar-refractivity contribution is 5.58. The predicted octanol–water partition coefficient (Wildman–Crippen LogP) is 4.07. The van der Waals surface area contributed by atoms with Gasteiger partial charge >= 0.3 is 0 Å². The van der Waals surface area contributed by atoms with E-state index < -0.39 is 0 Å². The number of fused-ring (bicyclic) bond motifs is 1. The van der Waals surface area contributed by atoms with Crippen LogP contribution in [0.25, 0.3) is 5.65 Å². The van der Waals surface area contributed by atoms with Crippen LogP contribution in [0.1, 0.15) is 30.7 Å². The minimum Gasteiger partial charge on any atom is -0.379 e. The molecule has 108 valence electrons. The number of nitrogens with zero attached hydrogens (tertiary/aromatic N) is 2. The van der Waals surface area contributed by atoms with E-state index in [2.05, 4.69) is 52.9 Å². The van der Waals surface area contributed by atoms with Crippen LogP contribution < -0.4 is 5.32 Å². The second-order valence-electron chi connectivity index (χ2n) is 5.21. The van der Waals surface area contributed by atoms with Gasteiger partial charge in [-0.2, -0.15) is 0 Å². The summed E-state index contributed by atoms with van der Waals surface area (Å²) in [4.78, 5) is 4.64. The molecule has 0 radical (unpaired) electrons. The van der Waals surface area contributed by atoms with Crippen molar-refractivity contribution in [2.75, 3.05) is 5.32 Å². The second-order valence-corrected chi connectivity index (χ2v) is 5.21. The molecule has 3 aromatic rings. The van der Waals surface area contributed by atoms with Crippen molar-refractivity contribution in [1.82, 2.24) is 9.38 Å². The zero-order valence-corrected chi connectivity index (χ0v) is 12.6. The van der Waals surface area contributed by atoms with Crippen molar-refractivity contribution < 1.29 is 0 Å². The largest absolute Gasteiger partial charge is 0.379 e. The summed E-state index contributed by atoms with van der Waals surface area (Å²) in [6.07, 6.45) is 6.20. The molecule has 2 heterocycles.